The van der Waals surface area contributed by atoms with Gasteiger partial charge in [-0.05, 0) is 69.3 Å². The highest BCUT2D eigenvalue weighted by atomic mass is 32.1. The summed E-state index contributed by atoms with van der Waals surface area (Å²) in [7, 11) is 0. The van der Waals surface area contributed by atoms with E-state index in [4.69, 9.17) is 17.0 Å². The zero-order valence-electron chi connectivity index (χ0n) is 12.8. The lowest BCUT2D eigenvalue weighted by Crippen LogP contribution is -2.40. The van der Waals surface area contributed by atoms with E-state index >= 15 is 0 Å². The minimum Gasteiger partial charge on any atom is -0.491 e. The van der Waals surface area contributed by atoms with Gasteiger partial charge in [-0.3, -0.25) is 0 Å². The highest BCUT2D eigenvalue weighted by Crippen LogP contribution is 2.44. The minimum atomic E-state index is 0.180. The molecule has 0 heterocycles. The van der Waals surface area contributed by atoms with Crippen molar-refractivity contribution in [1.29, 1.82) is 0 Å². The Kier molecular flexibility index (Phi) is 4.34. The molecule has 3 rings (SSSR count). The van der Waals surface area contributed by atoms with Crippen LogP contribution in [-0.2, 0) is 0 Å². The van der Waals surface area contributed by atoms with Crippen LogP contribution in [0.4, 0.5) is 5.69 Å². The first-order valence-electron chi connectivity index (χ1n) is 7.94. The first kappa shape index (κ1) is 14.6. The van der Waals surface area contributed by atoms with Crippen LogP contribution in [0, 0.1) is 11.8 Å². The first-order chi connectivity index (χ1) is 10.1. The number of benzene rings is 1. The summed E-state index contributed by atoms with van der Waals surface area (Å²) in [5.74, 6) is 2.63. The van der Waals surface area contributed by atoms with E-state index in [2.05, 4.69) is 10.6 Å². The molecule has 0 aliphatic heterocycles. The first-order valence-corrected chi connectivity index (χ1v) is 8.35. The van der Waals surface area contributed by atoms with Crippen LogP contribution in [-0.4, -0.2) is 17.3 Å². The van der Waals surface area contributed by atoms with Crippen LogP contribution in [0.15, 0.2) is 24.3 Å². The number of rotatable bonds is 4. The van der Waals surface area contributed by atoms with Crippen molar-refractivity contribution in [2.45, 2.75) is 51.7 Å². The van der Waals surface area contributed by atoms with Crippen molar-refractivity contribution in [3.63, 3.8) is 0 Å². The molecule has 3 atom stereocenters. The predicted octanol–water partition coefficient (Wildman–Crippen LogP) is 3.95. The molecule has 2 bridgehead atoms. The van der Waals surface area contributed by atoms with Crippen LogP contribution >= 0.6 is 12.2 Å². The van der Waals surface area contributed by atoms with Gasteiger partial charge < -0.3 is 15.4 Å². The van der Waals surface area contributed by atoms with Crippen LogP contribution < -0.4 is 15.4 Å². The fourth-order valence-corrected chi connectivity index (χ4v) is 3.95. The standard InChI is InChI=1S/C17H24N2OS/c1-11(2)20-15-5-3-4-14(10-15)18-17(21)19-16-9-12-6-7-13(16)8-12/h3-5,10-13,16H,6-9H2,1-2H3,(H2,18,19,21). The minimum absolute atomic E-state index is 0.180. The van der Waals surface area contributed by atoms with Gasteiger partial charge in [-0.25, -0.2) is 0 Å². The lowest BCUT2D eigenvalue weighted by atomic mass is 9.96. The van der Waals surface area contributed by atoms with Gasteiger partial charge in [-0.15, -0.1) is 0 Å². The van der Waals surface area contributed by atoms with Crippen molar-refractivity contribution in [3.05, 3.63) is 24.3 Å². The molecule has 2 N–H and O–H groups in total. The maximum Gasteiger partial charge on any atom is 0.171 e. The lowest BCUT2D eigenvalue weighted by Gasteiger charge is -2.24. The van der Waals surface area contributed by atoms with Gasteiger partial charge in [0.05, 0.1) is 6.10 Å². The van der Waals surface area contributed by atoms with Crippen molar-refractivity contribution in [3.8, 4) is 5.75 Å². The molecular weight excluding hydrogens is 280 g/mol. The van der Waals surface area contributed by atoms with E-state index in [-0.39, 0.29) is 6.10 Å². The Bertz CT molecular complexity index is 517. The molecule has 21 heavy (non-hydrogen) atoms. The molecule has 114 valence electrons. The maximum absolute atomic E-state index is 5.71. The Morgan fingerprint density at radius 2 is 2.14 bits per heavy atom. The van der Waals surface area contributed by atoms with Crippen molar-refractivity contribution in [1.82, 2.24) is 5.32 Å². The number of anilines is 1. The van der Waals surface area contributed by atoms with E-state index in [1.807, 2.05) is 38.1 Å². The second-order valence-electron chi connectivity index (χ2n) is 6.57. The number of hydrogen-bond acceptors (Lipinski definition) is 2. The molecule has 0 aromatic heterocycles. The summed E-state index contributed by atoms with van der Waals surface area (Å²) in [5, 5.41) is 7.51. The smallest absolute Gasteiger partial charge is 0.171 e. The van der Waals surface area contributed by atoms with Gasteiger partial charge in [0.1, 0.15) is 5.75 Å². The molecule has 2 saturated carbocycles. The van der Waals surface area contributed by atoms with Gasteiger partial charge >= 0.3 is 0 Å². The monoisotopic (exact) mass is 304 g/mol. The summed E-state index contributed by atoms with van der Waals surface area (Å²) in [6.45, 7) is 4.06. The third-order valence-electron chi connectivity index (χ3n) is 4.52. The van der Waals surface area contributed by atoms with E-state index in [0.717, 1.165) is 28.4 Å². The second kappa shape index (κ2) is 6.22. The highest BCUT2D eigenvalue weighted by Gasteiger charge is 2.39. The predicted molar refractivity (Wildman–Crippen MR) is 90.8 cm³/mol. The van der Waals surface area contributed by atoms with Gasteiger partial charge in [-0.1, -0.05) is 12.5 Å². The fourth-order valence-electron chi connectivity index (χ4n) is 3.68. The van der Waals surface area contributed by atoms with E-state index in [1.165, 1.54) is 25.7 Å². The summed E-state index contributed by atoms with van der Waals surface area (Å²) in [6, 6.07) is 8.54. The Morgan fingerprint density at radius 3 is 2.81 bits per heavy atom. The van der Waals surface area contributed by atoms with Gasteiger partial charge in [0.2, 0.25) is 0 Å². The summed E-state index contributed by atoms with van der Waals surface area (Å²) in [5.41, 5.74) is 0.980. The van der Waals surface area contributed by atoms with Crippen molar-refractivity contribution < 1.29 is 4.74 Å². The molecule has 1 aromatic rings. The fraction of sp³-hybridized carbons (Fsp3) is 0.588. The van der Waals surface area contributed by atoms with Gasteiger partial charge in [0, 0.05) is 17.8 Å². The van der Waals surface area contributed by atoms with Crippen LogP contribution in [0.3, 0.4) is 0 Å². The summed E-state index contributed by atoms with van der Waals surface area (Å²) < 4.78 is 5.71. The van der Waals surface area contributed by atoms with Crippen molar-refractivity contribution in [2.75, 3.05) is 5.32 Å². The van der Waals surface area contributed by atoms with Crippen LogP contribution in [0.1, 0.15) is 39.5 Å². The van der Waals surface area contributed by atoms with Crippen LogP contribution in [0.2, 0.25) is 0 Å². The molecule has 2 fully saturated rings. The zero-order valence-corrected chi connectivity index (χ0v) is 13.6. The average Bonchev–Trinajstić information content (AvgIpc) is 3.00. The summed E-state index contributed by atoms with van der Waals surface area (Å²) in [6.07, 6.45) is 5.63. The zero-order chi connectivity index (χ0) is 14.8. The van der Waals surface area contributed by atoms with E-state index in [0.29, 0.717) is 6.04 Å². The Morgan fingerprint density at radius 1 is 1.29 bits per heavy atom. The van der Waals surface area contributed by atoms with Crippen LogP contribution in [0.5, 0.6) is 5.75 Å². The third kappa shape index (κ3) is 3.67. The van der Waals surface area contributed by atoms with Crippen molar-refractivity contribution in [2.24, 2.45) is 11.8 Å². The number of nitrogens with one attached hydrogen (secondary N) is 2. The number of thiocarbonyl (C=S) groups is 1. The van der Waals surface area contributed by atoms with Gasteiger partial charge in [0.25, 0.3) is 0 Å². The molecule has 4 heteroatoms. The van der Waals surface area contributed by atoms with Gasteiger partial charge in [0.15, 0.2) is 5.11 Å². The number of fused-ring (bicyclic) bond motifs is 2. The quantitative estimate of drug-likeness (QED) is 0.825. The van der Waals surface area contributed by atoms with Gasteiger partial charge in [-0.2, -0.15) is 0 Å². The molecule has 2 aliphatic rings. The summed E-state index contributed by atoms with van der Waals surface area (Å²) >= 11 is 5.46. The highest BCUT2D eigenvalue weighted by molar-refractivity contribution is 7.80. The molecule has 0 radical (unpaired) electrons. The number of ether oxygens (including phenoxy) is 1. The Hall–Kier alpha value is -1.29. The normalized spacial score (nSPS) is 26.9. The van der Waals surface area contributed by atoms with E-state index in [9.17, 15) is 0 Å². The molecule has 1 aromatic carbocycles. The second-order valence-corrected chi connectivity index (χ2v) is 6.98. The maximum atomic E-state index is 5.71. The number of hydrogen-bond donors (Lipinski definition) is 2. The Labute approximate surface area is 132 Å². The van der Waals surface area contributed by atoms with Crippen molar-refractivity contribution >= 4 is 23.0 Å². The van der Waals surface area contributed by atoms with E-state index < -0.39 is 0 Å². The molecular formula is C17H24N2OS. The molecule has 0 spiro atoms. The molecule has 3 nitrogen and oxygen atoms in total. The third-order valence-corrected chi connectivity index (χ3v) is 4.74. The molecule has 2 aliphatic carbocycles. The van der Waals surface area contributed by atoms with E-state index in [1.54, 1.807) is 0 Å². The molecule has 3 unspecified atom stereocenters. The average molecular weight is 304 g/mol. The SMILES string of the molecule is CC(C)Oc1cccc(NC(=S)NC2CC3CCC2C3)c1. The van der Waals surface area contributed by atoms with Crippen LogP contribution in [0.25, 0.3) is 0 Å². The lowest BCUT2D eigenvalue weighted by molar-refractivity contribution is 0.242. The Balaban J connectivity index is 1.55. The molecule has 0 saturated heterocycles. The molecule has 0 amide bonds. The largest absolute Gasteiger partial charge is 0.491 e. The summed E-state index contributed by atoms with van der Waals surface area (Å²) in [4.78, 5) is 0. The topological polar surface area (TPSA) is 33.3 Å².